The Balaban J connectivity index is 0.994. The Morgan fingerprint density at radius 3 is 1.19 bits per heavy atom. The van der Waals surface area contributed by atoms with E-state index in [9.17, 15) is 0 Å². The average Bonchev–Trinajstić information content (AvgIpc) is 4.08. The highest BCUT2D eigenvalue weighted by atomic mass is 28.3. The Hall–Kier alpha value is -8.96. The molecular formula is C66H45N3Si. The summed E-state index contributed by atoms with van der Waals surface area (Å²) in [5.41, 5.74) is 12.9. The lowest BCUT2D eigenvalue weighted by Gasteiger charge is -2.34. The van der Waals surface area contributed by atoms with Gasteiger partial charge in [0, 0.05) is 43.7 Å². The summed E-state index contributed by atoms with van der Waals surface area (Å²) in [6.07, 6.45) is 0. The monoisotopic (exact) mass is 907 g/mol. The van der Waals surface area contributed by atoms with Crippen LogP contribution in [0.2, 0.25) is 0 Å². The molecule has 0 fully saturated rings. The fourth-order valence-corrected chi connectivity index (χ4v) is 16.6. The normalized spacial score (nSPS) is 12.0. The Bertz CT molecular complexity index is 4180. The number of fused-ring (bicyclic) bond motifs is 9. The molecule has 0 unspecified atom stereocenters. The number of nitrogens with zero attached hydrogens (tertiary/aromatic N) is 3. The fourth-order valence-electron chi connectivity index (χ4n) is 11.8. The van der Waals surface area contributed by atoms with E-state index in [0.717, 1.165) is 17.1 Å². The van der Waals surface area contributed by atoms with Crippen molar-refractivity contribution in [2.45, 2.75) is 0 Å². The molecule has 4 heteroatoms. The van der Waals surface area contributed by atoms with E-state index >= 15 is 0 Å². The van der Waals surface area contributed by atoms with Gasteiger partial charge in [0.05, 0.1) is 38.8 Å². The van der Waals surface area contributed by atoms with Gasteiger partial charge in [-0.05, 0) is 98.6 Å². The molecule has 0 radical (unpaired) electrons. The van der Waals surface area contributed by atoms with Crippen LogP contribution in [-0.2, 0) is 0 Å². The number of hydrogen-bond acceptors (Lipinski definition) is 0. The molecule has 3 nitrogen and oxygen atoms in total. The first-order chi connectivity index (χ1) is 34.8. The highest BCUT2D eigenvalue weighted by Crippen LogP contribution is 2.42. The van der Waals surface area contributed by atoms with Crippen LogP contribution < -0.4 is 20.7 Å². The van der Waals surface area contributed by atoms with Crippen molar-refractivity contribution in [1.82, 2.24) is 13.7 Å². The largest absolute Gasteiger partial charge is 0.309 e. The van der Waals surface area contributed by atoms with Gasteiger partial charge in [0.15, 0.2) is 8.07 Å². The molecule has 0 saturated carbocycles. The van der Waals surface area contributed by atoms with Gasteiger partial charge in [-0.2, -0.15) is 0 Å². The lowest BCUT2D eigenvalue weighted by molar-refractivity contribution is 1.17. The molecule has 0 saturated heterocycles. The van der Waals surface area contributed by atoms with Crippen LogP contribution in [0.15, 0.2) is 273 Å². The minimum atomic E-state index is -2.79. The van der Waals surface area contributed by atoms with Gasteiger partial charge in [0.2, 0.25) is 0 Å². The van der Waals surface area contributed by atoms with Crippen molar-refractivity contribution in [1.29, 1.82) is 0 Å². The van der Waals surface area contributed by atoms with Crippen molar-refractivity contribution in [3.05, 3.63) is 273 Å². The van der Waals surface area contributed by atoms with Crippen molar-refractivity contribution >= 4 is 94.2 Å². The first-order valence-corrected chi connectivity index (χ1v) is 26.2. The topological polar surface area (TPSA) is 14.8 Å². The van der Waals surface area contributed by atoms with E-state index in [2.05, 4.69) is 287 Å². The van der Waals surface area contributed by atoms with Gasteiger partial charge in [-0.3, -0.25) is 0 Å². The lowest BCUT2D eigenvalue weighted by atomic mass is 10.0. The van der Waals surface area contributed by atoms with Gasteiger partial charge in [0.1, 0.15) is 0 Å². The Morgan fingerprint density at radius 2 is 0.614 bits per heavy atom. The van der Waals surface area contributed by atoms with Gasteiger partial charge in [-0.1, -0.05) is 206 Å². The molecule has 3 heterocycles. The Kier molecular flexibility index (Phi) is 9.23. The standard InChI is InChI=1S/C66H45N3Si/c1-5-21-48(22-6-1)67-59-34-16-13-31-54(59)56-41-39-46(43-64(56)67)47-40-42-57-55-32-14-17-35-60(55)69(65(57)44-47)63-38-20-37-62-66(63)58-33-15-18-36-61(58)68(62)49-23-19-30-53(45-49)70(50-24-7-2-8-25-50,51-26-9-3-10-27-51)52-28-11-4-12-29-52/h1-45H. The van der Waals surface area contributed by atoms with E-state index in [-0.39, 0.29) is 0 Å². The maximum atomic E-state index is 2.52. The molecule has 0 aliphatic heterocycles. The molecule has 0 spiro atoms. The van der Waals surface area contributed by atoms with Crippen LogP contribution in [0.4, 0.5) is 0 Å². The molecule has 3 aromatic heterocycles. The van der Waals surface area contributed by atoms with E-state index < -0.39 is 8.07 Å². The summed E-state index contributed by atoms with van der Waals surface area (Å²) in [5.74, 6) is 0. The molecule has 70 heavy (non-hydrogen) atoms. The highest BCUT2D eigenvalue weighted by molar-refractivity contribution is 7.19. The first kappa shape index (κ1) is 40.1. The third-order valence-corrected chi connectivity index (χ3v) is 19.5. The van der Waals surface area contributed by atoms with Gasteiger partial charge in [0.25, 0.3) is 0 Å². The average molecular weight is 908 g/mol. The van der Waals surface area contributed by atoms with Gasteiger partial charge in [-0.25, -0.2) is 0 Å². The Morgan fingerprint density at radius 1 is 0.229 bits per heavy atom. The number of rotatable bonds is 8. The van der Waals surface area contributed by atoms with E-state index in [0.29, 0.717) is 0 Å². The second kappa shape index (κ2) is 16.1. The van der Waals surface area contributed by atoms with Crippen LogP contribution in [-0.4, -0.2) is 21.8 Å². The van der Waals surface area contributed by atoms with Gasteiger partial charge >= 0.3 is 0 Å². The zero-order chi connectivity index (χ0) is 46.2. The van der Waals surface area contributed by atoms with Crippen molar-refractivity contribution in [3.8, 4) is 28.2 Å². The van der Waals surface area contributed by atoms with E-state index in [4.69, 9.17) is 0 Å². The quantitative estimate of drug-likeness (QED) is 0.107. The minimum Gasteiger partial charge on any atom is -0.309 e. The minimum absolute atomic E-state index is 1.15. The van der Waals surface area contributed by atoms with Crippen LogP contribution in [0.5, 0.6) is 0 Å². The second-order valence-electron chi connectivity index (χ2n) is 18.4. The molecule has 0 aliphatic carbocycles. The second-order valence-corrected chi connectivity index (χ2v) is 22.2. The van der Waals surface area contributed by atoms with Crippen molar-refractivity contribution in [2.75, 3.05) is 0 Å². The SMILES string of the molecule is c1ccc(-n2c3ccccc3c3ccc(-c4ccc5c6ccccc6n(-c6cccc7c6c6ccccc6n7-c6cccc([Si](c7ccccc7)(c7ccccc7)c7ccccc7)c6)c5c4)cc32)cc1. The van der Waals surface area contributed by atoms with Crippen LogP contribution >= 0.6 is 0 Å². The third-order valence-electron chi connectivity index (χ3n) is 14.8. The molecule has 11 aromatic carbocycles. The molecular weight excluding hydrogens is 863 g/mol. The van der Waals surface area contributed by atoms with Crippen LogP contribution in [0.3, 0.4) is 0 Å². The summed E-state index contributed by atoms with van der Waals surface area (Å²) in [4.78, 5) is 0. The summed E-state index contributed by atoms with van der Waals surface area (Å²) < 4.78 is 7.42. The van der Waals surface area contributed by atoms with E-state index in [1.165, 1.54) is 97.3 Å². The van der Waals surface area contributed by atoms with Crippen molar-refractivity contribution in [2.24, 2.45) is 0 Å². The summed E-state index contributed by atoms with van der Waals surface area (Å²) in [5, 5.41) is 12.8. The van der Waals surface area contributed by atoms with Crippen LogP contribution in [0, 0.1) is 0 Å². The zero-order valence-electron chi connectivity index (χ0n) is 38.3. The van der Waals surface area contributed by atoms with E-state index in [1.54, 1.807) is 0 Å². The predicted octanol–water partition coefficient (Wildman–Crippen LogP) is 14.0. The predicted molar refractivity (Wildman–Crippen MR) is 299 cm³/mol. The fraction of sp³-hybridized carbons (Fsp3) is 0. The van der Waals surface area contributed by atoms with Gasteiger partial charge < -0.3 is 13.7 Å². The Labute approximate surface area is 407 Å². The maximum absolute atomic E-state index is 2.79. The number of benzene rings is 11. The zero-order valence-corrected chi connectivity index (χ0v) is 39.3. The van der Waals surface area contributed by atoms with Gasteiger partial charge in [-0.15, -0.1) is 0 Å². The molecule has 0 aliphatic rings. The lowest BCUT2D eigenvalue weighted by Crippen LogP contribution is -2.74. The summed E-state index contributed by atoms with van der Waals surface area (Å²) in [7, 11) is -2.79. The summed E-state index contributed by atoms with van der Waals surface area (Å²) in [6.45, 7) is 0. The first-order valence-electron chi connectivity index (χ1n) is 24.2. The molecule has 0 amide bonds. The van der Waals surface area contributed by atoms with Crippen molar-refractivity contribution in [3.63, 3.8) is 0 Å². The third kappa shape index (κ3) is 6.00. The van der Waals surface area contributed by atoms with Crippen LogP contribution in [0.1, 0.15) is 0 Å². The molecule has 14 aromatic rings. The molecule has 0 N–H and O–H groups in total. The van der Waals surface area contributed by atoms with E-state index in [1.807, 2.05) is 0 Å². The number of aromatic nitrogens is 3. The van der Waals surface area contributed by atoms with Crippen LogP contribution in [0.25, 0.3) is 93.6 Å². The maximum Gasteiger partial charge on any atom is 0.179 e. The molecule has 328 valence electrons. The summed E-state index contributed by atoms with van der Waals surface area (Å²) in [6, 6.07) is 101. The summed E-state index contributed by atoms with van der Waals surface area (Å²) >= 11 is 0. The highest BCUT2D eigenvalue weighted by Gasteiger charge is 2.41. The molecule has 14 rings (SSSR count). The number of hydrogen-bond donors (Lipinski definition) is 0. The smallest absolute Gasteiger partial charge is 0.179 e. The molecule has 0 atom stereocenters. The van der Waals surface area contributed by atoms with Crippen molar-refractivity contribution < 1.29 is 0 Å². The molecule has 0 bridgehead atoms. The number of para-hydroxylation sites is 4.